The van der Waals surface area contributed by atoms with Crippen LogP contribution >= 0.6 is 0 Å². The highest BCUT2D eigenvalue weighted by Gasteiger charge is 2.16. The third kappa shape index (κ3) is 3.64. The Morgan fingerprint density at radius 1 is 1.09 bits per heavy atom. The Morgan fingerprint density at radius 3 is 2.61 bits per heavy atom. The molecule has 0 aliphatic heterocycles. The Hall–Kier alpha value is -2.51. The Balaban J connectivity index is 1.73. The molecule has 0 aliphatic rings. The maximum atomic E-state index is 12.2. The number of benzene rings is 2. The van der Waals surface area contributed by atoms with Crippen LogP contribution < -0.4 is 4.72 Å². The molecule has 0 radical (unpaired) electrons. The minimum absolute atomic E-state index is 0.0594. The second-order valence-electron chi connectivity index (χ2n) is 5.02. The molecule has 23 heavy (non-hydrogen) atoms. The summed E-state index contributed by atoms with van der Waals surface area (Å²) in [4.78, 5) is 4.40. The molecular weight excluding hydrogens is 314 g/mol. The second-order valence-corrected chi connectivity index (χ2v) is 6.79. The highest BCUT2D eigenvalue weighted by molar-refractivity contribution is 7.89. The van der Waals surface area contributed by atoms with Crippen molar-refractivity contribution in [1.29, 1.82) is 0 Å². The van der Waals surface area contributed by atoms with E-state index in [0.717, 1.165) is 11.1 Å². The third-order valence-corrected chi connectivity index (χ3v) is 4.61. The fourth-order valence-corrected chi connectivity index (χ4v) is 3.13. The topological polar surface area (TPSA) is 85.1 Å². The van der Waals surface area contributed by atoms with Crippen LogP contribution in [0.2, 0.25) is 0 Å². The first-order chi connectivity index (χ1) is 11.0. The van der Waals surface area contributed by atoms with E-state index >= 15 is 0 Å². The fourth-order valence-electron chi connectivity index (χ4n) is 2.05. The van der Waals surface area contributed by atoms with Gasteiger partial charge in [0.05, 0.1) is 11.4 Å². The molecule has 7 heteroatoms. The number of sulfonamides is 1. The van der Waals surface area contributed by atoms with E-state index in [1.807, 2.05) is 43.3 Å². The number of rotatable bonds is 5. The lowest BCUT2D eigenvalue weighted by Crippen LogP contribution is -2.23. The number of nitrogens with zero attached hydrogens (tertiary/aromatic N) is 2. The number of aromatic nitrogens is 2. The second kappa shape index (κ2) is 6.31. The van der Waals surface area contributed by atoms with Gasteiger partial charge in [-0.25, -0.2) is 13.1 Å². The van der Waals surface area contributed by atoms with Gasteiger partial charge in [0.2, 0.25) is 21.7 Å². The summed E-state index contributed by atoms with van der Waals surface area (Å²) < 4.78 is 32.0. The number of nitrogens with one attached hydrogen (secondary N) is 1. The Bertz CT molecular complexity index is 905. The monoisotopic (exact) mass is 329 g/mol. The van der Waals surface area contributed by atoms with Crippen LogP contribution in [0, 0.1) is 6.92 Å². The molecule has 0 unspecified atom stereocenters. The maximum Gasteiger partial charge on any atom is 0.242 e. The normalized spacial score (nSPS) is 11.5. The van der Waals surface area contributed by atoms with Crippen LogP contribution in [0.25, 0.3) is 11.4 Å². The molecular formula is C16H15N3O3S. The molecule has 0 amide bonds. The Morgan fingerprint density at radius 2 is 1.87 bits per heavy atom. The molecule has 0 atom stereocenters. The van der Waals surface area contributed by atoms with Crippen LogP contribution in [0.3, 0.4) is 0 Å². The molecule has 3 rings (SSSR count). The molecule has 118 valence electrons. The van der Waals surface area contributed by atoms with Crippen molar-refractivity contribution in [2.75, 3.05) is 0 Å². The molecule has 1 aromatic heterocycles. The molecule has 0 fully saturated rings. The van der Waals surface area contributed by atoms with Gasteiger partial charge in [-0.15, -0.1) is 0 Å². The number of hydrogen-bond donors (Lipinski definition) is 1. The smallest absolute Gasteiger partial charge is 0.242 e. The van der Waals surface area contributed by atoms with Crippen LogP contribution in [0.15, 0.2) is 64.0 Å². The lowest BCUT2D eigenvalue weighted by atomic mass is 10.2. The summed E-state index contributed by atoms with van der Waals surface area (Å²) in [6.07, 6.45) is 0. The lowest BCUT2D eigenvalue weighted by Gasteiger charge is -2.05. The van der Waals surface area contributed by atoms with Gasteiger partial charge in [-0.1, -0.05) is 47.6 Å². The molecule has 2 aromatic carbocycles. The van der Waals surface area contributed by atoms with Crippen LogP contribution in [0.1, 0.15) is 11.5 Å². The van der Waals surface area contributed by atoms with E-state index < -0.39 is 10.0 Å². The van der Waals surface area contributed by atoms with Crippen LogP contribution in [-0.2, 0) is 16.6 Å². The standard InChI is InChI=1S/C16H15N3O3S/c1-12-6-5-9-14(10-12)23(20,21)17-11-15-18-16(19-22-15)13-7-3-2-4-8-13/h2-10,17H,11H2,1H3. The molecule has 0 aliphatic carbocycles. The van der Waals surface area contributed by atoms with Gasteiger partial charge < -0.3 is 4.52 Å². The summed E-state index contributed by atoms with van der Waals surface area (Å²) in [7, 11) is -3.61. The first-order valence-corrected chi connectivity index (χ1v) is 8.47. The van der Waals surface area contributed by atoms with Gasteiger partial charge in [0, 0.05) is 5.56 Å². The first kappa shape index (κ1) is 15.4. The van der Waals surface area contributed by atoms with E-state index in [4.69, 9.17) is 4.52 Å². The minimum atomic E-state index is -3.61. The van der Waals surface area contributed by atoms with Gasteiger partial charge in [-0.3, -0.25) is 0 Å². The van der Waals surface area contributed by atoms with Crippen molar-refractivity contribution in [3.63, 3.8) is 0 Å². The van der Waals surface area contributed by atoms with Crippen molar-refractivity contribution in [3.05, 3.63) is 66.1 Å². The van der Waals surface area contributed by atoms with Gasteiger partial charge in [0.1, 0.15) is 0 Å². The van der Waals surface area contributed by atoms with Crippen LogP contribution in [0.5, 0.6) is 0 Å². The highest BCUT2D eigenvalue weighted by Crippen LogP contribution is 2.15. The fraction of sp³-hybridized carbons (Fsp3) is 0.125. The summed E-state index contributed by atoms with van der Waals surface area (Å²) >= 11 is 0. The zero-order chi connectivity index (χ0) is 16.3. The molecule has 0 saturated heterocycles. The van der Waals surface area contributed by atoms with E-state index in [2.05, 4.69) is 14.9 Å². The summed E-state index contributed by atoms with van der Waals surface area (Å²) in [5.41, 5.74) is 1.68. The van der Waals surface area contributed by atoms with Crippen molar-refractivity contribution < 1.29 is 12.9 Å². The zero-order valence-electron chi connectivity index (χ0n) is 12.4. The van der Waals surface area contributed by atoms with Gasteiger partial charge in [-0.2, -0.15) is 4.98 Å². The van der Waals surface area contributed by atoms with E-state index in [-0.39, 0.29) is 17.3 Å². The molecule has 0 saturated carbocycles. The maximum absolute atomic E-state index is 12.2. The quantitative estimate of drug-likeness (QED) is 0.777. The highest BCUT2D eigenvalue weighted by atomic mass is 32.2. The average Bonchev–Trinajstić information content (AvgIpc) is 3.03. The van der Waals surface area contributed by atoms with Gasteiger partial charge in [0.15, 0.2) is 0 Å². The van der Waals surface area contributed by atoms with Gasteiger partial charge in [-0.05, 0) is 24.6 Å². The van der Waals surface area contributed by atoms with Crippen molar-refractivity contribution in [3.8, 4) is 11.4 Å². The van der Waals surface area contributed by atoms with Crippen molar-refractivity contribution in [2.45, 2.75) is 18.4 Å². The molecule has 0 spiro atoms. The summed E-state index contributed by atoms with van der Waals surface area (Å²) in [6.45, 7) is 1.78. The Kier molecular flexibility index (Phi) is 4.22. The van der Waals surface area contributed by atoms with Crippen LogP contribution in [-0.4, -0.2) is 18.6 Å². The predicted molar refractivity (Wildman–Crippen MR) is 84.9 cm³/mol. The zero-order valence-corrected chi connectivity index (χ0v) is 13.2. The predicted octanol–water partition coefficient (Wildman–Crippen LogP) is 2.52. The number of aryl methyl sites for hydroxylation is 1. The SMILES string of the molecule is Cc1cccc(S(=O)(=O)NCc2nc(-c3ccccc3)no2)c1. The van der Waals surface area contributed by atoms with E-state index in [1.54, 1.807) is 18.2 Å². The summed E-state index contributed by atoms with van der Waals surface area (Å²) in [5.74, 6) is 0.635. The van der Waals surface area contributed by atoms with E-state index in [0.29, 0.717) is 5.82 Å². The molecule has 3 aromatic rings. The summed E-state index contributed by atoms with van der Waals surface area (Å²) in [5, 5.41) is 3.85. The summed E-state index contributed by atoms with van der Waals surface area (Å²) in [6, 6.07) is 16.0. The van der Waals surface area contributed by atoms with E-state index in [9.17, 15) is 8.42 Å². The molecule has 1 heterocycles. The number of hydrogen-bond acceptors (Lipinski definition) is 5. The average molecular weight is 329 g/mol. The minimum Gasteiger partial charge on any atom is -0.338 e. The van der Waals surface area contributed by atoms with Crippen molar-refractivity contribution >= 4 is 10.0 Å². The molecule has 6 nitrogen and oxygen atoms in total. The van der Waals surface area contributed by atoms with E-state index in [1.165, 1.54) is 0 Å². The van der Waals surface area contributed by atoms with Gasteiger partial charge >= 0.3 is 0 Å². The third-order valence-electron chi connectivity index (χ3n) is 3.21. The van der Waals surface area contributed by atoms with Crippen LogP contribution in [0.4, 0.5) is 0 Å². The first-order valence-electron chi connectivity index (χ1n) is 6.99. The molecule has 0 bridgehead atoms. The van der Waals surface area contributed by atoms with Crippen molar-refractivity contribution in [1.82, 2.24) is 14.9 Å². The van der Waals surface area contributed by atoms with Gasteiger partial charge in [0.25, 0.3) is 0 Å². The largest absolute Gasteiger partial charge is 0.338 e. The van der Waals surface area contributed by atoms with Crippen molar-refractivity contribution in [2.24, 2.45) is 0 Å². The lowest BCUT2D eigenvalue weighted by molar-refractivity contribution is 0.376. The Labute approximate surface area is 134 Å². The molecule has 1 N–H and O–H groups in total.